The summed E-state index contributed by atoms with van der Waals surface area (Å²) in [6, 6.07) is 13.2. The summed E-state index contributed by atoms with van der Waals surface area (Å²) in [4.78, 5) is 4.52. The van der Waals surface area contributed by atoms with Crippen LogP contribution in [-0.4, -0.2) is 39.5 Å². The zero-order chi connectivity index (χ0) is 23.5. The normalized spacial score (nSPS) is 11.0. The Morgan fingerprint density at radius 2 is 1.45 bits per heavy atom. The second kappa shape index (κ2) is 9.32. The highest BCUT2D eigenvalue weighted by Crippen LogP contribution is 2.45. The lowest BCUT2D eigenvalue weighted by Crippen LogP contribution is -2.07. The van der Waals surface area contributed by atoms with Crippen LogP contribution in [0, 0.1) is 0 Å². The van der Waals surface area contributed by atoms with Crippen molar-refractivity contribution >= 4 is 11.1 Å². The average Bonchev–Trinajstić information content (AvgIpc) is 3.27. The summed E-state index contributed by atoms with van der Waals surface area (Å²) in [6.07, 6.45) is 1.75. The maximum absolute atomic E-state index is 6.35. The molecular formula is C26H27NO6. The van der Waals surface area contributed by atoms with Gasteiger partial charge in [-0.3, -0.25) is 4.98 Å². The Balaban J connectivity index is 1.92. The van der Waals surface area contributed by atoms with E-state index in [1.54, 1.807) is 34.6 Å². The highest BCUT2D eigenvalue weighted by Gasteiger charge is 2.21. The van der Waals surface area contributed by atoms with E-state index in [0.29, 0.717) is 45.6 Å². The van der Waals surface area contributed by atoms with Gasteiger partial charge < -0.3 is 28.1 Å². The number of benzene rings is 2. The van der Waals surface area contributed by atoms with E-state index < -0.39 is 0 Å². The summed E-state index contributed by atoms with van der Waals surface area (Å²) in [5.74, 6) is 3.61. The number of hydrogen-bond donors (Lipinski definition) is 0. The Bertz CT molecular complexity index is 1250. The molecule has 33 heavy (non-hydrogen) atoms. The molecule has 2 heterocycles. The van der Waals surface area contributed by atoms with Crippen molar-refractivity contribution < 1.29 is 28.1 Å². The van der Waals surface area contributed by atoms with E-state index in [4.69, 9.17) is 28.1 Å². The van der Waals surface area contributed by atoms with Crippen molar-refractivity contribution in [3.63, 3.8) is 0 Å². The summed E-state index contributed by atoms with van der Waals surface area (Å²) < 4.78 is 34.5. The van der Waals surface area contributed by atoms with Gasteiger partial charge in [-0.15, -0.1) is 0 Å². The van der Waals surface area contributed by atoms with Gasteiger partial charge in [0.1, 0.15) is 22.8 Å². The molecule has 0 amide bonds. The van der Waals surface area contributed by atoms with E-state index in [1.165, 1.54) is 0 Å². The summed E-state index contributed by atoms with van der Waals surface area (Å²) in [5, 5.41) is 0. The summed E-state index contributed by atoms with van der Waals surface area (Å²) in [7, 11) is 6.37. The Hall–Kier alpha value is -3.87. The summed E-state index contributed by atoms with van der Waals surface area (Å²) in [6.45, 7) is 3.97. The molecule has 0 aliphatic heterocycles. The fourth-order valence-electron chi connectivity index (χ4n) is 3.80. The summed E-state index contributed by atoms with van der Waals surface area (Å²) in [5.41, 5.74) is 3.74. The predicted octanol–water partition coefficient (Wildman–Crippen LogP) is 5.98. The van der Waals surface area contributed by atoms with Crippen molar-refractivity contribution in [3.8, 4) is 51.2 Å². The standard InChI is InChI=1S/C26H27NO6/c1-15(2)32-20-9-7-8-19(28-3)24(20)17-10-11-27-18-14-21(33-25(17)18)16-12-22(29-4)26(31-6)23(13-16)30-5/h7-15H,1-6H3. The van der Waals surface area contributed by atoms with E-state index in [-0.39, 0.29) is 6.10 Å². The SMILES string of the molecule is COc1cc(-c2cc3nccc(-c4c(OC)cccc4OC(C)C)c3o2)cc(OC)c1OC. The van der Waals surface area contributed by atoms with Crippen LogP contribution in [0.15, 0.2) is 53.1 Å². The first-order valence-electron chi connectivity index (χ1n) is 10.5. The van der Waals surface area contributed by atoms with Gasteiger partial charge in [-0.1, -0.05) is 6.07 Å². The van der Waals surface area contributed by atoms with Gasteiger partial charge in [0.2, 0.25) is 5.75 Å². The zero-order valence-corrected chi connectivity index (χ0v) is 19.6. The number of aromatic nitrogens is 1. The van der Waals surface area contributed by atoms with Crippen molar-refractivity contribution in [2.24, 2.45) is 0 Å². The third kappa shape index (κ3) is 4.14. The van der Waals surface area contributed by atoms with E-state index in [2.05, 4.69) is 4.98 Å². The molecule has 0 saturated carbocycles. The maximum atomic E-state index is 6.35. The van der Waals surface area contributed by atoms with Gasteiger partial charge >= 0.3 is 0 Å². The number of hydrogen-bond acceptors (Lipinski definition) is 7. The molecule has 0 bridgehead atoms. The van der Waals surface area contributed by atoms with Gasteiger partial charge in [0.15, 0.2) is 17.1 Å². The molecule has 2 aromatic carbocycles. The van der Waals surface area contributed by atoms with Crippen LogP contribution in [0.25, 0.3) is 33.6 Å². The number of fused-ring (bicyclic) bond motifs is 1. The lowest BCUT2D eigenvalue weighted by molar-refractivity contribution is 0.242. The molecule has 0 N–H and O–H groups in total. The molecule has 0 radical (unpaired) electrons. The van der Waals surface area contributed by atoms with Crippen LogP contribution < -0.4 is 23.7 Å². The van der Waals surface area contributed by atoms with Gasteiger partial charge in [0.25, 0.3) is 0 Å². The predicted molar refractivity (Wildman–Crippen MR) is 127 cm³/mol. The molecule has 0 fully saturated rings. The van der Waals surface area contributed by atoms with Crippen molar-refractivity contribution in [1.82, 2.24) is 4.98 Å². The fourth-order valence-corrected chi connectivity index (χ4v) is 3.80. The Morgan fingerprint density at radius 3 is 2.06 bits per heavy atom. The smallest absolute Gasteiger partial charge is 0.203 e. The van der Waals surface area contributed by atoms with E-state index >= 15 is 0 Å². The Kier molecular flexibility index (Phi) is 6.31. The van der Waals surface area contributed by atoms with Crippen LogP contribution in [0.2, 0.25) is 0 Å². The number of nitrogens with zero attached hydrogens (tertiary/aromatic N) is 1. The van der Waals surface area contributed by atoms with Crippen molar-refractivity contribution in [1.29, 1.82) is 0 Å². The molecule has 0 saturated heterocycles. The van der Waals surface area contributed by atoms with Crippen molar-refractivity contribution in [2.45, 2.75) is 20.0 Å². The Morgan fingerprint density at radius 1 is 0.788 bits per heavy atom. The molecule has 0 aliphatic rings. The quantitative estimate of drug-likeness (QED) is 0.327. The molecule has 172 valence electrons. The number of methoxy groups -OCH3 is 4. The first-order chi connectivity index (χ1) is 16.0. The minimum Gasteiger partial charge on any atom is -0.496 e. The van der Waals surface area contributed by atoms with E-state index in [9.17, 15) is 0 Å². The topological polar surface area (TPSA) is 72.2 Å². The molecule has 2 aromatic heterocycles. The van der Waals surface area contributed by atoms with E-state index in [1.807, 2.05) is 56.3 Å². The van der Waals surface area contributed by atoms with Crippen LogP contribution in [0.4, 0.5) is 0 Å². The number of ether oxygens (including phenoxy) is 5. The highest BCUT2D eigenvalue weighted by atomic mass is 16.5. The molecule has 4 rings (SSSR count). The fraction of sp³-hybridized carbons (Fsp3) is 0.269. The van der Waals surface area contributed by atoms with Crippen LogP contribution in [0.1, 0.15) is 13.8 Å². The lowest BCUT2D eigenvalue weighted by Gasteiger charge is -2.17. The average molecular weight is 450 g/mol. The highest BCUT2D eigenvalue weighted by molar-refractivity contribution is 5.96. The minimum atomic E-state index is -0.000394. The largest absolute Gasteiger partial charge is 0.496 e. The van der Waals surface area contributed by atoms with Gasteiger partial charge in [0, 0.05) is 23.4 Å². The van der Waals surface area contributed by atoms with Crippen molar-refractivity contribution in [3.05, 3.63) is 48.7 Å². The van der Waals surface area contributed by atoms with Crippen LogP contribution >= 0.6 is 0 Å². The Labute approximate surface area is 192 Å². The second-order valence-electron chi connectivity index (χ2n) is 7.60. The van der Waals surface area contributed by atoms with Gasteiger partial charge in [-0.25, -0.2) is 0 Å². The number of rotatable bonds is 8. The molecule has 0 atom stereocenters. The molecule has 0 spiro atoms. The first-order valence-corrected chi connectivity index (χ1v) is 10.5. The van der Waals surface area contributed by atoms with Gasteiger partial charge in [-0.05, 0) is 44.2 Å². The van der Waals surface area contributed by atoms with Crippen LogP contribution in [0.5, 0.6) is 28.7 Å². The maximum Gasteiger partial charge on any atom is 0.203 e. The zero-order valence-electron chi connectivity index (χ0n) is 19.6. The molecule has 7 nitrogen and oxygen atoms in total. The van der Waals surface area contributed by atoms with Crippen molar-refractivity contribution in [2.75, 3.05) is 28.4 Å². The molecule has 0 aliphatic carbocycles. The summed E-state index contributed by atoms with van der Waals surface area (Å²) >= 11 is 0. The number of furan rings is 1. The minimum absolute atomic E-state index is 0.000394. The first kappa shape index (κ1) is 22.3. The van der Waals surface area contributed by atoms with Gasteiger partial charge in [-0.2, -0.15) is 0 Å². The monoisotopic (exact) mass is 449 g/mol. The van der Waals surface area contributed by atoms with E-state index in [0.717, 1.165) is 16.7 Å². The molecular weight excluding hydrogens is 422 g/mol. The molecule has 4 aromatic rings. The second-order valence-corrected chi connectivity index (χ2v) is 7.60. The van der Waals surface area contributed by atoms with Crippen LogP contribution in [-0.2, 0) is 0 Å². The lowest BCUT2D eigenvalue weighted by atomic mass is 10.0. The third-order valence-corrected chi connectivity index (χ3v) is 5.20. The van der Waals surface area contributed by atoms with Crippen LogP contribution in [0.3, 0.4) is 0 Å². The number of pyridine rings is 1. The van der Waals surface area contributed by atoms with Gasteiger partial charge in [0.05, 0.1) is 40.1 Å². The molecule has 7 heteroatoms. The third-order valence-electron chi connectivity index (χ3n) is 5.20. The molecule has 0 unspecified atom stereocenters.